The van der Waals surface area contributed by atoms with Crippen LogP contribution in [0.1, 0.15) is 17.0 Å². The number of aliphatic hydroxyl groups is 1. The number of guanidine groups is 1. The van der Waals surface area contributed by atoms with E-state index in [2.05, 4.69) is 9.50 Å². The topological polar surface area (TPSA) is 127 Å². The van der Waals surface area contributed by atoms with Gasteiger partial charge in [0.05, 0.1) is 37.0 Å². The Hall–Kier alpha value is -3.44. The third-order valence-electron chi connectivity index (χ3n) is 5.59. The van der Waals surface area contributed by atoms with E-state index >= 15 is 0 Å². The number of nitrogens with zero attached hydrogens (tertiary/aromatic N) is 3. The number of aliphatic hydroxyl groups excluding tert-OH is 1. The first-order valence-corrected chi connectivity index (χ1v) is 13.4. The fraction of sp³-hybridized carbons (Fsp3) is 0.231. The predicted molar refractivity (Wildman–Crippen MR) is 143 cm³/mol. The summed E-state index contributed by atoms with van der Waals surface area (Å²) in [6.07, 6.45) is 0. The molecule has 4 rings (SSSR count). The number of sulfonamides is 1. The molecule has 0 fully saturated rings. The van der Waals surface area contributed by atoms with Crippen LogP contribution in [0.5, 0.6) is 5.75 Å². The van der Waals surface area contributed by atoms with Crippen LogP contribution in [-0.4, -0.2) is 63.2 Å². The van der Waals surface area contributed by atoms with E-state index in [0.717, 1.165) is 16.8 Å². The molecule has 11 heteroatoms. The molecule has 3 N–H and O–H groups in total. The molecule has 3 aromatic rings. The van der Waals surface area contributed by atoms with Crippen LogP contribution in [0.2, 0.25) is 5.02 Å². The number of ether oxygens (including phenoxy) is 2. The van der Waals surface area contributed by atoms with Crippen molar-refractivity contribution in [3.63, 3.8) is 0 Å². The molecule has 0 amide bonds. The summed E-state index contributed by atoms with van der Waals surface area (Å²) >= 11 is 6.06. The van der Waals surface area contributed by atoms with Gasteiger partial charge >= 0.3 is 0 Å². The van der Waals surface area contributed by atoms with E-state index in [4.69, 9.17) is 31.9 Å². The highest BCUT2D eigenvalue weighted by atomic mass is 35.5. The Kier molecular flexibility index (Phi) is 8.78. The average Bonchev–Trinajstić information content (AvgIpc) is 3.35. The van der Waals surface area contributed by atoms with Crippen molar-refractivity contribution < 1.29 is 23.0 Å². The zero-order valence-corrected chi connectivity index (χ0v) is 21.5. The lowest BCUT2D eigenvalue weighted by atomic mass is 9.91. The van der Waals surface area contributed by atoms with Gasteiger partial charge in [0.25, 0.3) is 10.0 Å². The van der Waals surface area contributed by atoms with E-state index in [0.29, 0.717) is 23.9 Å². The molecule has 1 unspecified atom stereocenters. The highest BCUT2D eigenvalue weighted by molar-refractivity contribution is 7.90. The van der Waals surface area contributed by atoms with Crippen molar-refractivity contribution in [1.29, 1.82) is 0 Å². The molecule has 0 aromatic heterocycles. The summed E-state index contributed by atoms with van der Waals surface area (Å²) in [7, 11) is -4.09. The second-order valence-corrected chi connectivity index (χ2v) is 10.2. The SMILES string of the molecule is N/C(=N\S(=O)(=O)c1ccc(OCCOCCO)cc1)N1CC(c2ccccc2)C(c2ccc(Cl)cc2)=N1. The van der Waals surface area contributed by atoms with E-state index in [1.165, 1.54) is 29.3 Å². The third-order valence-corrected chi connectivity index (χ3v) is 7.14. The first kappa shape index (κ1) is 26.6. The molecular weight excluding hydrogens is 516 g/mol. The van der Waals surface area contributed by atoms with Gasteiger partial charge in [-0.2, -0.15) is 13.5 Å². The van der Waals surface area contributed by atoms with Gasteiger partial charge in [0.15, 0.2) is 0 Å². The van der Waals surface area contributed by atoms with Gasteiger partial charge in [-0.15, -0.1) is 4.40 Å². The maximum atomic E-state index is 12.9. The lowest BCUT2D eigenvalue weighted by Crippen LogP contribution is -2.33. The van der Waals surface area contributed by atoms with Gasteiger partial charge in [-0.3, -0.25) is 0 Å². The Labute approximate surface area is 220 Å². The van der Waals surface area contributed by atoms with Crippen molar-refractivity contribution in [2.75, 3.05) is 33.0 Å². The lowest BCUT2D eigenvalue weighted by molar-refractivity contribution is 0.0705. The number of nitrogens with two attached hydrogens (primary N) is 1. The van der Waals surface area contributed by atoms with Gasteiger partial charge in [0.1, 0.15) is 12.4 Å². The molecule has 1 aliphatic rings. The van der Waals surface area contributed by atoms with Crippen LogP contribution >= 0.6 is 11.6 Å². The van der Waals surface area contributed by atoms with Gasteiger partial charge in [0.2, 0.25) is 5.96 Å². The Balaban J connectivity index is 1.52. The Morgan fingerprint density at radius 1 is 1.03 bits per heavy atom. The molecule has 37 heavy (non-hydrogen) atoms. The third kappa shape index (κ3) is 6.86. The number of rotatable bonds is 10. The van der Waals surface area contributed by atoms with Gasteiger partial charge in [-0.1, -0.05) is 54.1 Å². The van der Waals surface area contributed by atoms with Gasteiger partial charge < -0.3 is 20.3 Å². The molecule has 0 spiro atoms. The van der Waals surface area contributed by atoms with Crippen LogP contribution in [0.25, 0.3) is 0 Å². The van der Waals surface area contributed by atoms with Crippen molar-refractivity contribution in [3.8, 4) is 5.75 Å². The molecule has 3 aromatic carbocycles. The fourth-order valence-corrected chi connectivity index (χ4v) is 4.84. The van der Waals surface area contributed by atoms with Crippen LogP contribution in [0.3, 0.4) is 0 Å². The smallest absolute Gasteiger partial charge is 0.285 e. The molecule has 0 bridgehead atoms. The standard InChI is InChI=1S/C26H27ClN4O5S/c27-21-8-6-20(7-9-21)25-24(19-4-2-1-3-5-19)18-31(29-25)26(28)30-37(33,34)23-12-10-22(11-13-23)36-17-16-35-15-14-32/h1-13,24,32H,14-18H2,(H2,28,30). The first-order valence-electron chi connectivity index (χ1n) is 11.6. The fourth-order valence-electron chi connectivity index (χ4n) is 3.79. The number of hydrogen-bond acceptors (Lipinski definition) is 6. The Bertz CT molecular complexity index is 1350. The molecule has 194 valence electrons. The Morgan fingerprint density at radius 3 is 2.41 bits per heavy atom. The molecular formula is C26H27ClN4O5S. The summed E-state index contributed by atoms with van der Waals surface area (Å²) in [6.45, 7) is 1.07. The van der Waals surface area contributed by atoms with Crippen LogP contribution < -0.4 is 10.5 Å². The minimum absolute atomic E-state index is 0.0277. The maximum Gasteiger partial charge on any atom is 0.285 e. The molecule has 1 aliphatic heterocycles. The number of hydrogen-bond donors (Lipinski definition) is 2. The summed E-state index contributed by atoms with van der Waals surface area (Å²) in [5.41, 5.74) is 8.77. The summed E-state index contributed by atoms with van der Waals surface area (Å²) < 4.78 is 40.3. The number of benzene rings is 3. The Morgan fingerprint density at radius 2 is 1.73 bits per heavy atom. The highest BCUT2D eigenvalue weighted by Crippen LogP contribution is 2.29. The molecule has 0 saturated carbocycles. The molecule has 0 radical (unpaired) electrons. The van der Waals surface area contributed by atoms with Crippen molar-refractivity contribution in [1.82, 2.24) is 5.01 Å². The first-order chi connectivity index (χ1) is 17.9. The lowest BCUT2D eigenvalue weighted by Gasteiger charge is -2.15. The monoisotopic (exact) mass is 542 g/mol. The minimum atomic E-state index is -4.09. The maximum absolute atomic E-state index is 12.9. The quantitative estimate of drug-likeness (QED) is 0.229. The second kappa shape index (κ2) is 12.2. The van der Waals surface area contributed by atoms with E-state index in [9.17, 15) is 8.42 Å². The van der Waals surface area contributed by atoms with Crippen molar-refractivity contribution in [3.05, 3.63) is 95.0 Å². The molecule has 0 aliphatic carbocycles. The minimum Gasteiger partial charge on any atom is -0.491 e. The summed E-state index contributed by atoms with van der Waals surface area (Å²) in [4.78, 5) is -0.0277. The summed E-state index contributed by atoms with van der Waals surface area (Å²) in [5.74, 6) is 0.105. The highest BCUT2D eigenvalue weighted by Gasteiger charge is 2.31. The van der Waals surface area contributed by atoms with E-state index in [1.807, 2.05) is 42.5 Å². The van der Waals surface area contributed by atoms with E-state index in [-0.39, 0.29) is 36.6 Å². The zero-order chi connectivity index (χ0) is 26.3. The predicted octanol–water partition coefficient (Wildman–Crippen LogP) is 3.23. The van der Waals surface area contributed by atoms with Crippen LogP contribution in [0.4, 0.5) is 0 Å². The van der Waals surface area contributed by atoms with Crippen LogP contribution in [0.15, 0.2) is 93.3 Å². The van der Waals surface area contributed by atoms with Crippen LogP contribution in [0, 0.1) is 0 Å². The second-order valence-electron chi connectivity index (χ2n) is 8.12. The molecule has 0 saturated heterocycles. The van der Waals surface area contributed by atoms with E-state index < -0.39 is 10.0 Å². The normalized spacial score (nSPS) is 16.1. The summed E-state index contributed by atoms with van der Waals surface area (Å²) in [6, 6.07) is 22.9. The molecule has 1 heterocycles. The van der Waals surface area contributed by atoms with Gasteiger partial charge in [-0.25, -0.2) is 5.01 Å². The average molecular weight is 543 g/mol. The largest absolute Gasteiger partial charge is 0.491 e. The van der Waals surface area contributed by atoms with Crippen molar-refractivity contribution in [2.24, 2.45) is 15.2 Å². The van der Waals surface area contributed by atoms with Crippen molar-refractivity contribution >= 4 is 33.3 Å². The van der Waals surface area contributed by atoms with Crippen molar-refractivity contribution in [2.45, 2.75) is 10.8 Å². The zero-order valence-electron chi connectivity index (χ0n) is 19.9. The van der Waals surface area contributed by atoms with Crippen LogP contribution in [-0.2, 0) is 14.8 Å². The molecule has 9 nitrogen and oxygen atoms in total. The van der Waals surface area contributed by atoms with Gasteiger partial charge in [0, 0.05) is 10.9 Å². The van der Waals surface area contributed by atoms with E-state index in [1.54, 1.807) is 12.1 Å². The number of halogens is 1. The van der Waals surface area contributed by atoms with Gasteiger partial charge in [-0.05, 0) is 47.5 Å². The molecule has 1 atom stereocenters. The summed E-state index contributed by atoms with van der Waals surface area (Å²) in [5, 5.41) is 15.3. The number of hydrazone groups is 1.